The number of nitrogens with two attached hydrogens (primary N) is 1. The van der Waals surface area contributed by atoms with Crippen LogP contribution in [0.1, 0.15) is 5.56 Å². The predicted octanol–water partition coefficient (Wildman–Crippen LogP) is 0.835. The van der Waals surface area contributed by atoms with E-state index in [1.54, 1.807) is 19.3 Å². The zero-order valence-electron chi connectivity index (χ0n) is 10.4. The van der Waals surface area contributed by atoms with Crippen molar-refractivity contribution in [2.45, 2.75) is 6.54 Å². The first kappa shape index (κ1) is 14.1. The zero-order chi connectivity index (χ0) is 13.4. The Morgan fingerprint density at radius 2 is 2.33 bits per heavy atom. The number of ether oxygens (including phenoxy) is 2. The van der Waals surface area contributed by atoms with Gasteiger partial charge in [-0.1, -0.05) is 18.2 Å². The lowest BCUT2D eigenvalue weighted by Gasteiger charge is -2.13. The van der Waals surface area contributed by atoms with Gasteiger partial charge in [0.1, 0.15) is 0 Å². The van der Waals surface area contributed by atoms with Gasteiger partial charge in [-0.3, -0.25) is 4.79 Å². The number of carbonyl (C=O) groups is 1. The van der Waals surface area contributed by atoms with E-state index in [1.165, 1.54) is 0 Å². The van der Waals surface area contributed by atoms with E-state index in [0.717, 1.165) is 5.56 Å². The minimum atomic E-state index is -0.219. The summed E-state index contributed by atoms with van der Waals surface area (Å²) in [6, 6.07) is 5.42. The van der Waals surface area contributed by atoms with E-state index in [-0.39, 0.29) is 12.5 Å². The Balaban J connectivity index is 2.70. The minimum Gasteiger partial charge on any atom is -0.493 e. The number of methoxy groups -OCH3 is 1. The molecule has 1 aromatic rings. The normalized spacial score (nSPS) is 9.67. The molecule has 1 aromatic carbocycles. The van der Waals surface area contributed by atoms with Crippen molar-refractivity contribution in [3.05, 3.63) is 36.4 Å². The third kappa shape index (κ3) is 3.78. The molecule has 0 aliphatic carbocycles. The van der Waals surface area contributed by atoms with Crippen LogP contribution in [0.25, 0.3) is 0 Å². The Kier molecular flexibility index (Phi) is 5.73. The largest absolute Gasteiger partial charge is 0.493 e. The molecule has 18 heavy (non-hydrogen) atoms. The molecule has 0 bridgehead atoms. The van der Waals surface area contributed by atoms with Crippen molar-refractivity contribution in [1.29, 1.82) is 0 Å². The Labute approximate surface area is 107 Å². The van der Waals surface area contributed by atoms with E-state index in [1.807, 2.05) is 12.1 Å². The SMILES string of the molecule is C=CCNC(=O)COc1c(CN)cccc1OC. The summed E-state index contributed by atoms with van der Waals surface area (Å²) in [6.45, 7) is 4.17. The van der Waals surface area contributed by atoms with Crippen LogP contribution in [0.2, 0.25) is 0 Å². The number of nitrogens with one attached hydrogen (secondary N) is 1. The lowest BCUT2D eigenvalue weighted by molar-refractivity contribution is -0.122. The molecule has 0 saturated carbocycles. The number of para-hydroxylation sites is 1. The minimum absolute atomic E-state index is 0.0821. The molecule has 0 atom stereocenters. The predicted molar refractivity (Wildman–Crippen MR) is 69.6 cm³/mol. The highest BCUT2D eigenvalue weighted by molar-refractivity contribution is 5.77. The van der Waals surface area contributed by atoms with Gasteiger partial charge in [-0.2, -0.15) is 0 Å². The third-order valence-corrected chi connectivity index (χ3v) is 2.29. The Morgan fingerprint density at radius 3 is 2.94 bits per heavy atom. The van der Waals surface area contributed by atoms with Crippen LogP contribution in [0.5, 0.6) is 11.5 Å². The van der Waals surface area contributed by atoms with Crippen LogP contribution in [0, 0.1) is 0 Å². The number of hydrogen-bond donors (Lipinski definition) is 2. The van der Waals surface area contributed by atoms with Crippen molar-refractivity contribution < 1.29 is 14.3 Å². The monoisotopic (exact) mass is 250 g/mol. The summed E-state index contributed by atoms with van der Waals surface area (Å²) in [5.74, 6) is 0.856. The summed E-state index contributed by atoms with van der Waals surface area (Å²) in [4.78, 5) is 11.4. The maximum atomic E-state index is 11.4. The van der Waals surface area contributed by atoms with E-state index in [9.17, 15) is 4.79 Å². The van der Waals surface area contributed by atoms with Gasteiger partial charge in [0.2, 0.25) is 0 Å². The van der Waals surface area contributed by atoms with Crippen LogP contribution in [0.3, 0.4) is 0 Å². The number of hydrogen-bond acceptors (Lipinski definition) is 4. The highest BCUT2D eigenvalue weighted by Crippen LogP contribution is 2.30. The molecule has 5 heteroatoms. The first-order valence-electron chi connectivity index (χ1n) is 5.59. The van der Waals surface area contributed by atoms with Crippen LogP contribution in [0.4, 0.5) is 0 Å². The van der Waals surface area contributed by atoms with Gasteiger partial charge in [0.15, 0.2) is 18.1 Å². The number of carbonyl (C=O) groups excluding carboxylic acids is 1. The van der Waals surface area contributed by atoms with Crippen LogP contribution >= 0.6 is 0 Å². The Hall–Kier alpha value is -2.01. The van der Waals surface area contributed by atoms with Gasteiger partial charge < -0.3 is 20.5 Å². The van der Waals surface area contributed by atoms with Crippen LogP contribution in [-0.2, 0) is 11.3 Å². The number of benzene rings is 1. The topological polar surface area (TPSA) is 73.6 Å². The summed E-state index contributed by atoms with van der Waals surface area (Å²) < 4.78 is 10.6. The molecule has 3 N–H and O–H groups in total. The molecule has 0 aliphatic heterocycles. The molecule has 0 heterocycles. The zero-order valence-corrected chi connectivity index (χ0v) is 10.4. The standard InChI is InChI=1S/C13H18N2O3/c1-3-7-15-12(16)9-18-13-10(8-14)5-4-6-11(13)17-2/h3-6H,1,7-9,14H2,2H3,(H,15,16). The van der Waals surface area contributed by atoms with Crippen molar-refractivity contribution in [3.8, 4) is 11.5 Å². The van der Waals surface area contributed by atoms with Gasteiger partial charge in [-0.25, -0.2) is 0 Å². The molecule has 1 amide bonds. The molecule has 0 spiro atoms. The highest BCUT2D eigenvalue weighted by Gasteiger charge is 2.11. The van der Waals surface area contributed by atoms with Gasteiger partial charge in [-0.05, 0) is 6.07 Å². The Bertz CT molecular complexity index is 396. The lowest BCUT2D eigenvalue weighted by Crippen LogP contribution is -2.29. The first-order valence-corrected chi connectivity index (χ1v) is 5.59. The smallest absolute Gasteiger partial charge is 0.258 e. The molecule has 1 rings (SSSR count). The average molecular weight is 250 g/mol. The van der Waals surface area contributed by atoms with Crippen molar-refractivity contribution >= 4 is 5.91 Å². The number of rotatable bonds is 7. The average Bonchev–Trinajstić information content (AvgIpc) is 2.42. The summed E-state index contributed by atoms with van der Waals surface area (Å²) in [5, 5.41) is 2.62. The Morgan fingerprint density at radius 1 is 1.56 bits per heavy atom. The van der Waals surface area contributed by atoms with Crippen LogP contribution in [0.15, 0.2) is 30.9 Å². The van der Waals surface area contributed by atoms with Crippen LogP contribution < -0.4 is 20.5 Å². The van der Waals surface area contributed by atoms with E-state index >= 15 is 0 Å². The fourth-order valence-corrected chi connectivity index (χ4v) is 1.42. The summed E-state index contributed by atoms with van der Waals surface area (Å²) >= 11 is 0. The van der Waals surface area contributed by atoms with E-state index in [4.69, 9.17) is 15.2 Å². The van der Waals surface area contributed by atoms with E-state index < -0.39 is 0 Å². The number of amides is 1. The van der Waals surface area contributed by atoms with Gasteiger partial charge in [0.25, 0.3) is 5.91 Å². The molecule has 0 saturated heterocycles. The first-order chi connectivity index (χ1) is 8.72. The maximum Gasteiger partial charge on any atom is 0.258 e. The molecule has 98 valence electrons. The fraction of sp³-hybridized carbons (Fsp3) is 0.308. The third-order valence-electron chi connectivity index (χ3n) is 2.29. The van der Waals surface area contributed by atoms with Gasteiger partial charge >= 0.3 is 0 Å². The quantitative estimate of drug-likeness (QED) is 0.703. The lowest BCUT2D eigenvalue weighted by atomic mass is 10.2. The van der Waals surface area contributed by atoms with E-state index in [0.29, 0.717) is 24.6 Å². The van der Waals surface area contributed by atoms with Crippen molar-refractivity contribution in [3.63, 3.8) is 0 Å². The molecule has 5 nitrogen and oxygen atoms in total. The maximum absolute atomic E-state index is 11.4. The molecule has 0 fully saturated rings. The van der Waals surface area contributed by atoms with Crippen molar-refractivity contribution in [2.75, 3.05) is 20.3 Å². The fourth-order valence-electron chi connectivity index (χ4n) is 1.42. The second-order valence-electron chi connectivity index (χ2n) is 3.53. The molecule has 0 unspecified atom stereocenters. The second kappa shape index (κ2) is 7.34. The van der Waals surface area contributed by atoms with Crippen molar-refractivity contribution in [2.24, 2.45) is 5.73 Å². The van der Waals surface area contributed by atoms with E-state index in [2.05, 4.69) is 11.9 Å². The molecular formula is C13H18N2O3. The second-order valence-corrected chi connectivity index (χ2v) is 3.53. The molecule has 0 radical (unpaired) electrons. The molecule has 0 aromatic heterocycles. The summed E-state index contributed by atoms with van der Waals surface area (Å²) in [5.41, 5.74) is 6.41. The molecular weight excluding hydrogens is 232 g/mol. The van der Waals surface area contributed by atoms with Crippen LogP contribution in [-0.4, -0.2) is 26.2 Å². The summed E-state index contributed by atoms with van der Waals surface area (Å²) in [6.07, 6.45) is 1.60. The van der Waals surface area contributed by atoms with Gasteiger partial charge in [-0.15, -0.1) is 6.58 Å². The van der Waals surface area contributed by atoms with Gasteiger partial charge in [0.05, 0.1) is 7.11 Å². The van der Waals surface area contributed by atoms with Gasteiger partial charge in [0, 0.05) is 18.7 Å². The molecule has 0 aliphatic rings. The highest BCUT2D eigenvalue weighted by atomic mass is 16.5. The summed E-state index contributed by atoms with van der Waals surface area (Å²) in [7, 11) is 1.54. The van der Waals surface area contributed by atoms with Crippen molar-refractivity contribution in [1.82, 2.24) is 5.32 Å².